The van der Waals surface area contributed by atoms with E-state index in [1.165, 1.54) is 7.11 Å². The first-order valence-electron chi connectivity index (χ1n) is 6.27. The number of carbonyl (C=O) groups is 2. The third-order valence-corrected chi connectivity index (χ3v) is 3.31. The van der Waals surface area contributed by atoms with Crippen molar-refractivity contribution in [2.24, 2.45) is 0 Å². The van der Waals surface area contributed by atoms with Crippen molar-refractivity contribution in [2.75, 3.05) is 17.3 Å². The number of rotatable bonds is 2. The number of benzene rings is 1. The summed E-state index contributed by atoms with van der Waals surface area (Å²) in [4.78, 5) is 25.5. The Morgan fingerprint density at radius 1 is 1.42 bits per heavy atom. The van der Waals surface area contributed by atoms with Crippen LogP contribution in [0.3, 0.4) is 0 Å². The van der Waals surface area contributed by atoms with Gasteiger partial charge in [0.05, 0.1) is 24.0 Å². The van der Waals surface area contributed by atoms with Crippen LogP contribution in [0.25, 0.3) is 0 Å². The first-order valence-corrected chi connectivity index (χ1v) is 6.27. The van der Waals surface area contributed by atoms with Gasteiger partial charge in [-0.05, 0) is 39.0 Å². The number of hydrogen-bond donors (Lipinski definition) is 1. The van der Waals surface area contributed by atoms with Gasteiger partial charge in [-0.2, -0.15) is 0 Å². The molecular weight excluding hydrogens is 244 g/mol. The van der Waals surface area contributed by atoms with Crippen molar-refractivity contribution in [3.63, 3.8) is 0 Å². The molecule has 1 aromatic rings. The quantitative estimate of drug-likeness (QED) is 0.828. The molecule has 1 aliphatic heterocycles. The maximum atomic E-state index is 11.9. The lowest BCUT2D eigenvalue weighted by Crippen LogP contribution is -2.49. The molecule has 2 rings (SSSR count). The first kappa shape index (κ1) is 13.4. The van der Waals surface area contributed by atoms with Gasteiger partial charge in [0.25, 0.3) is 0 Å². The molecule has 0 saturated heterocycles. The molecule has 5 nitrogen and oxygen atoms in total. The lowest BCUT2D eigenvalue weighted by Gasteiger charge is -2.39. The Labute approximate surface area is 112 Å². The zero-order chi connectivity index (χ0) is 14.2. The monoisotopic (exact) mass is 262 g/mol. The van der Waals surface area contributed by atoms with E-state index in [0.717, 1.165) is 11.4 Å². The molecule has 0 spiro atoms. The van der Waals surface area contributed by atoms with Crippen LogP contribution < -0.4 is 10.2 Å². The number of nitrogens with one attached hydrogen (secondary N) is 1. The summed E-state index contributed by atoms with van der Waals surface area (Å²) in [5.41, 5.74) is 2.06. The van der Waals surface area contributed by atoms with Gasteiger partial charge in [-0.15, -0.1) is 0 Å². The molecule has 102 valence electrons. The second-order valence-electron chi connectivity index (χ2n) is 4.89. The third-order valence-electron chi connectivity index (χ3n) is 3.31. The lowest BCUT2D eigenvalue weighted by molar-refractivity contribution is -0.117. The Bertz CT molecular complexity index is 525. The van der Waals surface area contributed by atoms with Crippen LogP contribution >= 0.6 is 0 Å². The second-order valence-corrected chi connectivity index (χ2v) is 4.89. The molecular formula is C14H18N2O3. The highest BCUT2D eigenvalue weighted by Crippen LogP contribution is 2.34. The van der Waals surface area contributed by atoms with E-state index in [1.807, 2.05) is 25.7 Å². The Kier molecular flexibility index (Phi) is 3.46. The van der Waals surface area contributed by atoms with Crippen molar-refractivity contribution < 1.29 is 14.3 Å². The van der Waals surface area contributed by atoms with Gasteiger partial charge >= 0.3 is 5.97 Å². The fourth-order valence-electron chi connectivity index (χ4n) is 2.39. The fourth-order valence-corrected chi connectivity index (χ4v) is 2.39. The van der Waals surface area contributed by atoms with Crippen molar-refractivity contribution in [1.29, 1.82) is 0 Å². The van der Waals surface area contributed by atoms with Crippen LogP contribution in [0, 0.1) is 0 Å². The Hall–Kier alpha value is -2.04. The van der Waals surface area contributed by atoms with E-state index in [2.05, 4.69) is 5.32 Å². The number of nitrogens with zero attached hydrogens (tertiary/aromatic N) is 1. The van der Waals surface area contributed by atoms with Crippen LogP contribution in [0.1, 0.15) is 31.1 Å². The summed E-state index contributed by atoms with van der Waals surface area (Å²) in [6, 6.07) is 5.05. The van der Waals surface area contributed by atoms with E-state index >= 15 is 0 Å². The van der Waals surface area contributed by atoms with Crippen molar-refractivity contribution in [3.8, 4) is 0 Å². The standard InChI is InChI=1S/C14H18N2O3/c1-8(2)16-9(3)13(17)15-11-6-5-10(7-12(11)16)14(18)19-4/h5-9H,1-4H3,(H,15,17). The lowest BCUT2D eigenvalue weighted by atomic mass is 10.0. The molecule has 19 heavy (non-hydrogen) atoms. The molecule has 1 heterocycles. The van der Waals surface area contributed by atoms with Crippen LogP contribution in [0.15, 0.2) is 18.2 Å². The van der Waals surface area contributed by atoms with Crippen molar-refractivity contribution in [1.82, 2.24) is 0 Å². The SMILES string of the molecule is COC(=O)c1ccc2c(c1)N(C(C)C)C(C)C(=O)N2. The average molecular weight is 262 g/mol. The maximum absolute atomic E-state index is 11.9. The van der Waals surface area contributed by atoms with Crippen LogP contribution in [-0.4, -0.2) is 31.1 Å². The molecule has 0 bridgehead atoms. The van der Waals surface area contributed by atoms with Gasteiger partial charge in [0.1, 0.15) is 6.04 Å². The van der Waals surface area contributed by atoms with E-state index in [9.17, 15) is 9.59 Å². The van der Waals surface area contributed by atoms with Crippen LogP contribution in [0.2, 0.25) is 0 Å². The topological polar surface area (TPSA) is 58.6 Å². The predicted octanol–water partition coefficient (Wildman–Crippen LogP) is 2.03. The number of esters is 1. The number of carbonyl (C=O) groups excluding carboxylic acids is 2. The summed E-state index contributed by atoms with van der Waals surface area (Å²) >= 11 is 0. The summed E-state index contributed by atoms with van der Waals surface area (Å²) in [6.45, 7) is 5.89. The molecule has 1 aromatic carbocycles. The van der Waals surface area contributed by atoms with Gasteiger partial charge in [0, 0.05) is 6.04 Å². The van der Waals surface area contributed by atoms with Crippen molar-refractivity contribution in [3.05, 3.63) is 23.8 Å². The van der Waals surface area contributed by atoms with E-state index in [4.69, 9.17) is 4.74 Å². The van der Waals surface area contributed by atoms with Gasteiger partial charge in [-0.3, -0.25) is 4.79 Å². The molecule has 0 aliphatic carbocycles. The molecule has 0 radical (unpaired) electrons. The van der Waals surface area contributed by atoms with E-state index in [1.54, 1.807) is 18.2 Å². The second kappa shape index (κ2) is 4.91. The Morgan fingerprint density at radius 3 is 2.68 bits per heavy atom. The van der Waals surface area contributed by atoms with Gasteiger partial charge in [0.15, 0.2) is 0 Å². The fraction of sp³-hybridized carbons (Fsp3) is 0.429. The number of amides is 1. The van der Waals surface area contributed by atoms with Crippen LogP contribution in [0.5, 0.6) is 0 Å². The van der Waals surface area contributed by atoms with Crippen LogP contribution in [0.4, 0.5) is 11.4 Å². The molecule has 0 saturated carbocycles. The third kappa shape index (κ3) is 2.28. The summed E-state index contributed by atoms with van der Waals surface area (Å²) < 4.78 is 4.73. The number of methoxy groups -OCH3 is 1. The number of fused-ring (bicyclic) bond motifs is 1. The van der Waals surface area contributed by atoms with E-state index in [-0.39, 0.29) is 24.0 Å². The smallest absolute Gasteiger partial charge is 0.337 e. The molecule has 1 amide bonds. The summed E-state index contributed by atoms with van der Waals surface area (Å²) in [7, 11) is 1.35. The minimum Gasteiger partial charge on any atom is -0.465 e. The Morgan fingerprint density at radius 2 is 2.11 bits per heavy atom. The highest BCUT2D eigenvalue weighted by molar-refractivity contribution is 6.04. The minimum absolute atomic E-state index is 0.0352. The van der Waals surface area contributed by atoms with Gasteiger partial charge < -0.3 is 15.0 Å². The maximum Gasteiger partial charge on any atom is 0.337 e. The van der Waals surface area contributed by atoms with E-state index < -0.39 is 0 Å². The molecule has 1 N–H and O–H groups in total. The summed E-state index contributed by atoms with van der Waals surface area (Å²) in [6.07, 6.45) is 0. The van der Waals surface area contributed by atoms with Crippen molar-refractivity contribution >= 4 is 23.3 Å². The normalized spacial score (nSPS) is 18.1. The number of hydrogen-bond acceptors (Lipinski definition) is 4. The summed E-state index contributed by atoms with van der Waals surface area (Å²) in [5.74, 6) is -0.414. The largest absolute Gasteiger partial charge is 0.465 e. The van der Waals surface area contributed by atoms with Gasteiger partial charge in [-0.25, -0.2) is 4.79 Å². The zero-order valence-electron chi connectivity index (χ0n) is 11.6. The minimum atomic E-state index is -0.379. The molecule has 0 fully saturated rings. The molecule has 1 atom stereocenters. The molecule has 5 heteroatoms. The molecule has 0 aromatic heterocycles. The van der Waals surface area contributed by atoms with Crippen LogP contribution in [-0.2, 0) is 9.53 Å². The van der Waals surface area contributed by atoms with E-state index in [0.29, 0.717) is 5.56 Å². The predicted molar refractivity (Wildman–Crippen MR) is 73.5 cm³/mol. The van der Waals surface area contributed by atoms with Crippen molar-refractivity contribution in [2.45, 2.75) is 32.9 Å². The average Bonchev–Trinajstić information content (AvgIpc) is 2.38. The Balaban J connectivity index is 2.51. The molecule has 1 aliphatic rings. The van der Waals surface area contributed by atoms with Gasteiger partial charge in [-0.1, -0.05) is 0 Å². The molecule has 1 unspecified atom stereocenters. The highest BCUT2D eigenvalue weighted by atomic mass is 16.5. The number of anilines is 2. The summed E-state index contributed by atoms with van der Waals surface area (Å²) in [5, 5.41) is 2.85. The number of ether oxygens (including phenoxy) is 1. The first-order chi connectivity index (χ1) is 8.95. The van der Waals surface area contributed by atoms with Gasteiger partial charge in [0.2, 0.25) is 5.91 Å². The highest BCUT2D eigenvalue weighted by Gasteiger charge is 2.31. The zero-order valence-corrected chi connectivity index (χ0v) is 11.6.